The van der Waals surface area contributed by atoms with Gasteiger partial charge in [-0.15, -0.1) is 0 Å². The summed E-state index contributed by atoms with van der Waals surface area (Å²) < 4.78 is 6.57. The summed E-state index contributed by atoms with van der Waals surface area (Å²) in [4.78, 5) is 12.2. The molecule has 1 unspecified atom stereocenters. The largest absolute Gasteiger partial charge is 0.480 e. The highest BCUT2D eigenvalue weighted by atomic mass is 79.9. The lowest BCUT2D eigenvalue weighted by atomic mass is 10.0. The number of halogens is 1. The molecule has 2 atom stereocenters. The molecule has 0 saturated heterocycles. The van der Waals surface area contributed by atoms with Crippen molar-refractivity contribution >= 4 is 21.8 Å². The Labute approximate surface area is 135 Å². The van der Waals surface area contributed by atoms with Crippen molar-refractivity contribution < 1.29 is 14.6 Å². The summed E-state index contributed by atoms with van der Waals surface area (Å²) in [5, 5.41) is 12.7. The SMILES string of the molecule is CCC(C)(C)NC(=O)C(C)Oc1cc(Br)ccc1[C@H](C)O. The molecular weight excluding hydrogens is 334 g/mol. The molecule has 0 fully saturated rings. The fraction of sp³-hybridized carbons (Fsp3) is 0.562. The number of rotatable bonds is 6. The van der Waals surface area contributed by atoms with Gasteiger partial charge in [0.1, 0.15) is 5.75 Å². The van der Waals surface area contributed by atoms with E-state index in [0.717, 1.165) is 10.9 Å². The van der Waals surface area contributed by atoms with E-state index in [4.69, 9.17) is 4.74 Å². The summed E-state index contributed by atoms with van der Waals surface area (Å²) >= 11 is 3.37. The first-order valence-electron chi connectivity index (χ1n) is 7.12. The molecule has 0 spiro atoms. The number of benzene rings is 1. The first-order chi connectivity index (χ1) is 9.66. The molecule has 0 radical (unpaired) electrons. The van der Waals surface area contributed by atoms with Crippen LogP contribution in [0.1, 0.15) is 52.7 Å². The van der Waals surface area contributed by atoms with Crippen LogP contribution >= 0.6 is 15.9 Å². The molecule has 0 heterocycles. The van der Waals surface area contributed by atoms with Crippen molar-refractivity contribution in [3.8, 4) is 5.75 Å². The van der Waals surface area contributed by atoms with Crippen molar-refractivity contribution in [1.29, 1.82) is 0 Å². The Morgan fingerprint density at radius 1 is 1.43 bits per heavy atom. The normalized spacial score (nSPS) is 14.4. The van der Waals surface area contributed by atoms with Gasteiger partial charge in [0.15, 0.2) is 6.10 Å². The summed E-state index contributed by atoms with van der Waals surface area (Å²) in [6.45, 7) is 9.33. The minimum absolute atomic E-state index is 0.168. The predicted octanol–water partition coefficient (Wildman–Crippen LogP) is 3.57. The second kappa shape index (κ2) is 7.27. The molecule has 5 heteroatoms. The molecule has 0 aliphatic rings. The van der Waals surface area contributed by atoms with Gasteiger partial charge in [-0.3, -0.25) is 4.79 Å². The Morgan fingerprint density at radius 3 is 2.57 bits per heavy atom. The van der Waals surface area contributed by atoms with Crippen LogP contribution in [0.2, 0.25) is 0 Å². The number of hydrogen-bond acceptors (Lipinski definition) is 3. The van der Waals surface area contributed by atoms with Crippen molar-refractivity contribution in [1.82, 2.24) is 5.32 Å². The van der Waals surface area contributed by atoms with E-state index >= 15 is 0 Å². The third-order valence-corrected chi connectivity index (χ3v) is 3.94. The lowest BCUT2D eigenvalue weighted by Gasteiger charge is -2.27. The summed E-state index contributed by atoms with van der Waals surface area (Å²) in [5.41, 5.74) is 0.395. The van der Waals surface area contributed by atoms with E-state index in [1.807, 2.05) is 26.8 Å². The maximum atomic E-state index is 12.2. The van der Waals surface area contributed by atoms with Gasteiger partial charge >= 0.3 is 0 Å². The smallest absolute Gasteiger partial charge is 0.261 e. The molecular formula is C16H24BrNO3. The van der Waals surface area contributed by atoms with Crippen molar-refractivity contribution in [2.75, 3.05) is 0 Å². The second-order valence-electron chi connectivity index (χ2n) is 5.84. The summed E-state index contributed by atoms with van der Waals surface area (Å²) in [5.74, 6) is 0.342. The molecule has 0 aliphatic heterocycles. The fourth-order valence-electron chi connectivity index (χ4n) is 1.72. The average molecular weight is 358 g/mol. The van der Waals surface area contributed by atoms with Gasteiger partial charge in [0.25, 0.3) is 5.91 Å². The molecule has 0 aromatic heterocycles. The number of carbonyl (C=O) groups is 1. The molecule has 1 rings (SSSR count). The second-order valence-corrected chi connectivity index (χ2v) is 6.76. The van der Waals surface area contributed by atoms with Crippen LogP contribution in [0.25, 0.3) is 0 Å². The highest BCUT2D eigenvalue weighted by Gasteiger charge is 2.24. The Kier molecular flexibility index (Phi) is 6.23. The zero-order chi connectivity index (χ0) is 16.2. The predicted molar refractivity (Wildman–Crippen MR) is 87.4 cm³/mol. The Bertz CT molecular complexity index is 500. The van der Waals surface area contributed by atoms with Crippen molar-refractivity contribution in [2.45, 2.75) is 58.8 Å². The third kappa shape index (κ3) is 5.32. The number of nitrogens with one attached hydrogen (secondary N) is 1. The molecule has 21 heavy (non-hydrogen) atoms. The van der Waals surface area contributed by atoms with Gasteiger partial charge < -0.3 is 15.2 Å². The van der Waals surface area contributed by atoms with Gasteiger partial charge in [-0.1, -0.05) is 28.9 Å². The molecule has 118 valence electrons. The van der Waals surface area contributed by atoms with Crippen LogP contribution in [-0.2, 0) is 4.79 Å². The van der Waals surface area contributed by atoms with E-state index in [2.05, 4.69) is 21.2 Å². The van der Waals surface area contributed by atoms with Crippen LogP contribution < -0.4 is 10.1 Å². The van der Waals surface area contributed by atoms with E-state index in [9.17, 15) is 9.90 Å². The van der Waals surface area contributed by atoms with E-state index < -0.39 is 12.2 Å². The monoisotopic (exact) mass is 357 g/mol. The van der Waals surface area contributed by atoms with E-state index in [0.29, 0.717) is 11.3 Å². The number of aliphatic hydroxyl groups excluding tert-OH is 1. The molecule has 1 aromatic rings. The average Bonchev–Trinajstić information content (AvgIpc) is 2.37. The number of carbonyl (C=O) groups excluding carboxylic acids is 1. The van der Waals surface area contributed by atoms with E-state index in [-0.39, 0.29) is 11.4 Å². The van der Waals surface area contributed by atoms with E-state index in [1.165, 1.54) is 0 Å². The van der Waals surface area contributed by atoms with Gasteiger partial charge in [-0.05, 0) is 46.2 Å². The number of hydrogen-bond donors (Lipinski definition) is 2. The van der Waals surface area contributed by atoms with Crippen LogP contribution in [0.15, 0.2) is 22.7 Å². The highest BCUT2D eigenvalue weighted by Crippen LogP contribution is 2.29. The molecule has 1 aromatic carbocycles. The van der Waals surface area contributed by atoms with Gasteiger partial charge in [-0.25, -0.2) is 0 Å². The van der Waals surface area contributed by atoms with Crippen LogP contribution in [0.5, 0.6) is 5.75 Å². The first-order valence-corrected chi connectivity index (χ1v) is 7.91. The van der Waals surface area contributed by atoms with Crippen molar-refractivity contribution in [3.05, 3.63) is 28.2 Å². The zero-order valence-electron chi connectivity index (χ0n) is 13.2. The molecule has 0 aliphatic carbocycles. The van der Waals surface area contributed by atoms with Crippen molar-refractivity contribution in [3.63, 3.8) is 0 Å². The summed E-state index contributed by atoms with van der Waals surface area (Å²) in [6.07, 6.45) is -0.459. The quantitative estimate of drug-likeness (QED) is 0.817. The van der Waals surface area contributed by atoms with Gasteiger partial charge in [-0.2, -0.15) is 0 Å². The maximum absolute atomic E-state index is 12.2. The molecule has 2 N–H and O–H groups in total. The summed E-state index contributed by atoms with van der Waals surface area (Å²) in [6, 6.07) is 5.38. The van der Waals surface area contributed by atoms with Crippen LogP contribution in [0.4, 0.5) is 0 Å². The number of ether oxygens (including phenoxy) is 1. The van der Waals surface area contributed by atoms with Crippen molar-refractivity contribution in [2.24, 2.45) is 0 Å². The number of aliphatic hydroxyl groups is 1. The zero-order valence-corrected chi connectivity index (χ0v) is 14.8. The Morgan fingerprint density at radius 2 is 2.05 bits per heavy atom. The van der Waals surface area contributed by atoms with Gasteiger partial charge in [0, 0.05) is 15.6 Å². The minimum Gasteiger partial charge on any atom is -0.480 e. The Balaban J connectivity index is 2.85. The van der Waals surface area contributed by atoms with Crippen LogP contribution in [0, 0.1) is 0 Å². The lowest BCUT2D eigenvalue weighted by molar-refractivity contribution is -0.129. The number of amides is 1. The first kappa shape index (κ1) is 18.0. The summed E-state index contributed by atoms with van der Waals surface area (Å²) in [7, 11) is 0. The lowest BCUT2D eigenvalue weighted by Crippen LogP contribution is -2.48. The topological polar surface area (TPSA) is 58.6 Å². The van der Waals surface area contributed by atoms with E-state index in [1.54, 1.807) is 26.0 Å². The standard InChI is InChI=1S/C16H24BrNO3/c1-6-16(4,5)18-15(20)11(3)21-14-9-12(17)7-8-13(14)10(2)19/h7-11,19H,6H2,1-5H3,(H,18,20)/t10-,11?/m0/s1. The molecule has 1 amide bonds. The molecule has 0 saturated carbocycles. The third-order valence-electron chi connectivity index (χ3n) is 3.44. The van der Waals surface area contributed by atoms with Crippen LogP contribution in [0.3, 0.4) is 0 Å². The minimum atomic E-state index is -0.657. The van der Waals surface area contributed by atoms with Gasteiger partial charge in [0.2, 0.25) is 0 Å². The van der Waals surface area contributed by atoms with Crippen LogP contribution in [-0.4, -0.2) is 22.7 Å². The molecule has 4 nitrogen and oxygen atoms in total. The maximum Gasteiger partial charge on any atom is 0.261 e. The molecule has 0 bridgehead atoms. The Hall–Kier alpha value is -1.07. The van der Waals surface area contributed by atoms with Gasteiger partial charge in [0.05, 0.1) is 6.10 Å². The fourth-order valence-corrected chi connectivity index (χ4v) is 2.06. The highest BCUT2D eigenvalue weighted by molar-refractivity contribution is 9.10.